The normalized spacial score (nSPS) is 12.2. The lowest BCUT2D eigenvalue weighted by Gasteiger charge is -2.31. The number of amides is 2. The molecule has 9 heteroatoms. The van der Waals surface area contributed by atoms with Crippen LogP contribution in [0.3, 0.4) is 0 Å². The lowest BCUT2D eigenvalue weighted by atomic mass is 10.1. The number of sulfonamides is 1. The van der Waals surface area contributed by atoms with Gasteiger partial charge >= 0.3 is 0 Å². The Bertz CT molecular complexity index is 1040. The highest BCUT2D eigenvalue weighted by Crippen LogP contribution is 2.21. The number of carbonyl (C=O) groups is 2. The Balaban J connectivity index is 2.37. The van der Waals surface area contributed by atoms with Crippen LogP contribution in [0.4, 0.5) is 5.69 Å². The van der Waals surface area contributed by atoms with Crippen molar-refractivity contribution in [1.82, 2.24) is 10.2 Å². The first-order valence-electron chi connectivity index (χ1n) is 10.4. The van der Waals surface area contributed by atoms with E-state index in [1.54, 1.807) is 55.5 Å². The predicted molar refractivity (Wildman–Crippen MR) is 128 cm³/mol. The van der Waals surface area contributed by atoms with Gasteiger partial charge in [0.25, 0.3) is 0 Å². The molecule has 2 rings (SSSR count). The number of anilines is 1. The van der Waals surface area contributed by atoms with Crippen molar-refractivity contribution in [2.24, 2.45) is 0 Å². The Labute approximate surface area is 195 Å². The molecule has 32 heavy (non-hydrogen) atoms. The SMILES string of the molecule is CCCNC(=O)[C@@H](C)N(Cc1ccccc1Cl)C(=O)CN(c1ccc(C)cc1)S(C)(=O)=O. The van der Waals surface area contributed by atoms with Gasteiger partial charge in [0.1, 0.15) is 12.6 Å². The molecule has 0 spiro atoms. The quantitative estimate of drug-likeness (QED) is 0.566. The topological polar surface area (TPSA) is 86.8 Å². The minimum Gasteiger partial charge on any atom is -0.354 e. The van der Waals surface area contributed by atoms with Gasteiger partial charge in [-0.1, -0.05) is 54.4 Å². The molecule has 0 heterocycles. The maximum Gasteiger partial charge on any atom is 0.244 e. The van der Waals surface area contributed by atoms with Crippen molar-refractivity contribution >= 4 is 39.1 Å². The van der Waals surface area contributed by atoms with Crippen LogP contribution in [-0.2, 0) is 26.2 Å². The number of rotatable bonds is 10. The first-order valence-corrected chi connectivity index (χ1v) is 12.6. The van der Waals surface area contributed by atoms with Crippen LogP contribution in [0.2, 0.25) is 5.02 Å². The molecule has 0 radical (unpaired) electrons. The van der Waals surface area contributed by atoms with Crippen molar-refractivity contribution in [2.45, 2.75) is 39.8 Å². The second kappa shape index (κ2) is 11.3. The van der Waals surface area contributed by atoms with Crippen molar-refractivity contribution in [2.75, 3.05) is 23.7 Å². The van der Waals surface area contributed by atoms with Crippen molar-refractivity contribution in [3.05, 3.63) is 64.7 Å². The lowest BCUT2D eigenvalue weighted by molar-refractivity contribution is -0.139. The Morgan fingerprint density at radius 2 is 1.72 bits per heavy atom. The fraction of sp³-hybridized carbons (Fsp3) is 0.391. The summed E-state index contributed by atoms with van der Waals surface area (Å²) in [6, 6.07) is 13.1. The van der Waals surface area contributed by atoms with Crippen LogP contribution in [0.15, 0.2) is 48.5 Å². The van der Waals surface area contributed by atoms with Crippen LogP contribution in [0, 0.1) is 6.92 Å². The summed E-state index contributed by atoms with van der Waals surface area (Å²) in [5, 5.41) is 3.25. The minimum absolute atomic E-state index is 0.0741. The molecular weight excluding hydrogens is 450 g/mol. The van der Waals surface area contributed by atoms with Crippen LogP contribution >= 0.6 is 11.6 Å². The molecule has 7 nitrogen and oxygen atoms in total. The molecule has 1 atom stereocenters. The first-order chi connectivity index (χ1) is 15.0. The zero-order valence-electron chi connectivity index (χ0n) is 18.8. The molecule has 2 aromatic rings. The molecular formula is C23H30ClN3O4S. The molecule has 0 unspecified atom stereocenters. The van der Waals surface area contributed by atoms with Crippen molar-refractivity contribution in [1.29, 1.82) is 0 Å². The maximum absolute atomic E-state index is 13.4. The molecule has 0 saturated carbocycles. The van der Waals surface area contributed by atoms with E-state index in [9.17, 15) is 18.0 Å². The molecule has 0 fully saturated rings. The molecule has 1 N–H and O–H groups in total. The Kier molecular flexibility index (Phi) is 9.09. The van der Waals surface area contributed by atoms with E-state index < -0.39 is 28.5 Å². The average Bonchev–Trinajstić information content (AvgIpc) is 2.74. The van der Waals surface area contributed by atoms with Gasteiger partial charge in [-0.2, -0.15) is 0 Å². The number of hydrogen-bond donors (Lipinski definition) is 1. The highest BCUT2D eigenvalue weighted by atomic mass is 35.5. The number of carbonyl (C=O) groups excluding carboxylic acids is 2. The summed E-state index contributed by atoms with van der Waals surface area (Å²) in [5.74, 6) is -0.816. The summed E-state index contributed by atoms with van der Waals surface area (Å²) in [5.41, 5.74) is 2.02. The minimum atomic E-state index is -3.74. The standard InChI is InChI=1S/C23H30ClN3O4S/c1-5-14-25-23(29)18(3)26(15-19-8-6-7-9-21(19)24)22(28)16-27(32(4,30)31)20-12-10-17(2)11-13-20/h6-13,18H,5,14-16H2,1-4H3,(H,25,29)/t18-/m1/s1. The third-order valence-electron chi connectivity index (χ3n) is 5.02. The highest BCUT2D eigenvalue weighted by Gasteiger charge is 2.30. The molecule has 174 valence electrons. The van der Waals surface area contributed by atoms with Gasteiger partial charge in [0.2, 0.25) is 21.8 Å². The number of halogens is 1. The van der Waals surface area contributed by atoms with E-state index in [2.05, 4.69) is 5.32 Å². The van der Waals surface area contributed by atoms with Gasteiger partial charge < -0.3 is 10.2 Å². The summed E-state index contributed by atoms with van der Waals surface area (Å²) >= 11 is 6.29. The van der Waals surface area contributed by atoms with E-state index in [4.69, 9.17) is 11.6 Å². The van der Waals surface area contributed by atoms with Crippen molar-refractivity contribution in [3.8, 4) is 0 Å². The summed E-state index contributed by atoms with van der Waals surface area (Å²) < 4.78 is 26.0. The lowest BCUT2D eigenvalue weighted by Crippen LogP contribution is -2.51. The summed E-state index contributed by atoms with van der Waals surface area (Å²) in [4.78, 5) is 27.4. The van der Waals surface area contributed by atoms with Crippen LogP contribution in [-0.4, -0.2) is 50.5 Å². The number of nitrogens with one attached hydrogen (secondary N) is 1. The second-order valence-corrected chi connectivity index (χ2v) is 10.00. The van der Waals surface area contributed by atoms with Gasteiger partial charge in [-0.15, -0.1) is 0 Å². The largest absolute Gasteiger partial charge is 0.354 e. The smallest absolute Gasteiger partial charge is 0.244 e. The molecule has 0 aliphatic heterocycles. The first kappa shape index (κ1) is 25.7. The number of aryl methyl sites for hydroxylation is 1. The zero-order valence-corrected chi connectivity index (χ0v) is 20.4. The highest BCUT2D eigenvalue weighted by molar-refractivity contribution is 7.92. The second-order valence-electron chi connectivity index (χ2n) is 7.69. The third kappa shape index (κ3) is 6.97. The van der Waals surface area contributed by atoms with Gasteiger partial charge in [-0.05, 0) is 44.0 Å². The van der Waals surface area contributed by atoms with E-state index in [-0.39, 0.29) is 12.5 Å². The van der Waals surface area contributed by atoms with E-state index in [0.717, 1.165) is 22.5 Å². The summed E-state index contributed by atoms with van der Waals surface area (Å²) in [6.07, 6.45) is 1.81. The molecule has 0 saturated heterocycles. The number of nitrogens with zero attached hydrogens (tertiary/aromatic N) is 2. The van der Waals surface area contributed by atoms with Gasteiger partial charge in [0, 0.05) is 18.1 Å². The molecule has 0 aliphatic carbocycles. The number of benzene rings is 2. The Morgan fingerprint density at radius 3 is 2.28 bits per heavy atom. The Hall–Kier alpha value is -2.58. The predicted octanol–water partition coefficient (Wildman–Crippen LogP) is 3.36. The van der Waals surface area contributed by atoms with Crippen molar-refractivity contribution < 1.29 is 18.0 Å². The van der Waals surface area contributed by atoms with Gasteiger partial charge in [0.15, 0.2) is 0 Å². The summed E-state index contributed by atoms with van der Waals surface area (Å²) in [7, 11) is -3.74. The van der Waals surface area contributed by atoms with E-state index in [0.29, 0.717) is 22.8 Å². The number of hydrogen-bond acceptors (Lipinski definition) is 4. The molecule has 2 aromatic carbocycles. The fourth-order valence-corrected chi connectivity index (χ4v) is 4.16. The molecule has 0 aromatic heterocycles. The van der Waals surface area contributed by atoms with Gasteiger partial charge in [-0.25, -0.2) is 8.42 Å². The third-order valence-corrected chi connectivity index (χ3v) is 6.53. The Morgan fingerprint density at radius 1 is 1.09 bits per heavy atom. The zero-order chi connectivity index (χ0) is 23.9. The van der Waals surface area contributed by atoms with E-state index in [1.165, 1.54) is 4.90 Å². The summed E-state index contributed by atoms with van der Waals surface area (Å²) in [6.45, 7) is 5.57. The van der Waals surface area contributed by atoms with Gasteiger partial charge in [0.05, 0.1) is 11.9 Å². The van der Waals surface area contributed by atoms with E-state index in [1.807, 2.05) is 13.8 Å². The van der Waals surface area contributed by atoms with Crippen LogP contribution in [0.25, 0.3) is 0 Å². The monoisotopic (exact) mass is 479 g/mol. The molecule has 0 bridgehead atoms. The van der Waals surface area contributed by atoms with Crippen LogP contribution < -0.4 is 9.62 Å². The van der Waals surface area contributed by atoms with Crippen molar-refractivity contribution in [3.63, 3.8) is 0 Å². The van der Waals surface area contributed by atoms with Crippen LogP contribution in [0.5, 0.6) is 0 Å². The van der Waals surface area contributed by atoms with Crippen LogP contribution in [0.1, 0.15) is 31.4 Å². The molecule has 2 amide bonds. The molecule has 0 aliphatic rings. The fourth-order valence-electron chi connectivity index (χ4n) is 3.11. The maximum atomic E-state index is 13.4. The van der Waals surface area contributed by atoms with Gasteiger partial charge in [-0.3, -0.25) is 13.9 Å². The average molecular weight is 480 g/mol. The van der Waals surface area contributed by atoms with E-state index >= 15 is 0 Å².